The zero-order valence-electron chi connectivity index (χ0n) is 14.2. The molecule has 1 aromatic rings. The summed E-state index contributed by atoms with van der Waals surface area (Å²) in [6.07, 6.45) is 2.86. The van der Waals surface area contributed by atoms with E-state index in [-0.39, 0.29) is 12.2 Å². The maximum absolute atomic E-state index is 12.5. The predicted molar refractivity (Wildman–Crippen MR) is 95.7 cm³/mol. The third-order valence-electron chi connectivity index (χ3n) is 3.37. The van der Waals surface area contributed by atoms with Crippen molar-refractivity contribution in [1.29, 1.82) is 0 Å². The first-order valence-corrected chi connectivity index (χ1v) is 8.46. The van der Waals surface area contributed by atoms with E-state index in [0.29, 0.717) is 5.69 Å². The number of hydrogen-bond acceptors (Lipinski definition) is 8. The van der Waals surface area contributed by atoms with Crippen LogP contribution in [0.4, 0.5) is 0 Å². The normalized spacial score (nSPS) is 13.9. The van der Waals surface area contributed by atoms with Gasteiger partial charge >= 0.3 is 5.97 Å². The van der Waals surface area contributed by atoms with Gasteiger partial charge in [-0.1, -0.05) is 0 Å². The van der Waals surface area contributed by atoms with Crippen molar-refractivity contribution in [2.24, 2.45) is 5.73 Å². The molecule has 27 heavy (non-hydrogen) atoms. The lowest BCUT2D eigenvalue weighted by molar-refractivity contribution is -0.138. The molecule has 0 aromatic carbocycles. The fraction of sp³-hybridized carbons (Fsp3) is 0.500. The number of thiol groups is 1. The molecule has 0 saturated carbocycles. The summed E-state index contributed by atoms with van der Waals surface area (Å²) in [6, 6.07) is -3.46. The molecule has 0 aliphatic heterocycles. The van der Waals surface area contributed by atoms with Gasteiger partial charge in [0.05, 0.1) is 12.9 Å². The van der Waals surface area contributed by atoms with Crippen molar-refractivity contribution < 1.29 is 29.4 Å². The predicted octanol–water partition coefficient (Wildman–Crippen LogP) is -3.63. The number of carboxylic acids is 1. The minimum atomic E-state index is -1.24. The largest absolute Gasteiger partial charge is 0.480 e. The van der Waals surface area contributed by atoms with E-state index in [4.69, 9.17) is 15.9 Å². The summed E-state index contributed by atoms with van der Waals surface area (Å²) in [5.41, 5.74) is 5.97. The molecule has 0 radical (unpaired) electrons. The van der Waals surface area contributed by atoms with E-state index in [1.54, 1.807) is 0 Å². The second kappa shape index (κ2) is 11.2. The van der Waals surface area contributed by atoms with Gasteiger partial charge in [0, 0.05) is 24.1 Å². The summed E-state index contributed by atoms with van der Waals surface area (Å²) in [5.74, 6) is -3.55. The Morgan fingerprint density at radius 3 is 2.37 bits per heavy atom. The Kier molecular flexibility index (Phi) is 9.25. The Morgan fingerprint density at radius 2 is 1.85 bits per heavy atom. The molecule has 0 spiro atoms. The number of imidazole rings is 1. The van der Waals surface area contributed by atoms with E-state index in [2.05, 4.69) is 38.5 Å². The molecule has 0 aliphatic rings. The number of nitrogens with one attached hydrogen (secondary N) is 4. The lowest BCUT2D eigenvalue weighted by Crippen LogP contribution is -2.57. The number of amides is 3. The van der Waals surface area contributed by atoms with Crippen LogP contribution >= 0.6 is 12.6 Å². The number of H-pyrrole nitrogens is 1. The molecule has 1 heterocycles. The van der Waals surface area contributed by atoms with Crippen LogP contribution in [0.15, 0.2) is 12.5 Å². The van der Waals surface area contributed by atoms with Crippen LogP contribution < -0.4 is 21.7 Å². The number of carbonyl (C=O) groups excluding carboxylic acids is 3. The fourth-order valence-corrected chi connectivity index (χ4v) is 2.20. The summed E-state index contributed by atoms with van der Waals surface area (Å²) >= 11 is 3.97. The number of hydrogen-bond donors (Lipinski definition) is 8. The molecular weight excluding hydrogens is 380 g/mol. The molecule has 13 heteroatoms. The van der Waals surface area contributed by atoms with Crippen molar-refractivity contribution in [2.75, 3.05) is 18.9 Å². The van der Waals surface area contributed by atoms with Crippen molar-refractivity contribution in [2.45, 2.75) is 24.5 Å². The molecular formula is C14H22N6O6S. The Labute approximate surface area is 159 Å². The van der Waals surface area contributed by atoms with Crippen LogP contribution in [0.1, 0.15) is 5.69 Å². The Hall–Kier alpha value is -2.64. The Balaban J connectivity index is 2.82. The molecule has 150 valence electrons. The lowest BCUT2D eigenvalue weighted by Gasteiger charge is -2.22. The highest BCUT2D eigenvalue weighted by atomic mass is 32.1. The maximum Gasteiger partial charge on any atom is 0.322 e. The summed E-state index contributed by atoms with van der Waals surface area (Å²) in [7, 11) is 0. The number of carboxylic acid groups (broad SMARTS) is 1. The van der Waals surface area contributed by atoms with Gasteiger partial charge in [-0.15, -0.1) is 0 Å². The van der Waals surface area contributed by atoms with E-state index in [0.717, 1.165) is 0 Å². The standard InChI is InChI=1S/C14H22N6O6S/c15-8(4-21)12(24)19-9(1-7-2-16-6-18-7)14(26)20-10(5-27)13(25)17-3-11(22)23/h2,6,8-10,21,27H,1,3-5,15H2,(H,16,18)(H,17,25)(H,19,24)(H,20,26)(H,22,23). The van der Waals surface area contributed by atoms with Crippen molar-refractivity contribution in [3.8, 4) is 0 Å². The van der Waals surface area contributed by atoms with Crippen molar-refractivity contribution in [3.05, 3.63) is 18.2 Å². The highest BCUT2D eigenvalue weighted by Crippen LogP contribution is 2.01. The molecule has 3 amide bonds. The summed E-state index contributed by atoms with van der Waals surface area (Å²) < 4.78 is 0. The number of nitrogens with two attached hydrogens (primary N) is 1. The van der Waals surface area contributed by atoms with Gasteiger partial charge in [0.2, 0.25) is 17.7 Å². The minimum Gasteiger partial charge on any atom is -0.480 e. The highest BCUT2D eigenvalue weighted by Gasteiger charge is 2.28. The third kappa shape index (κ3) is 7.64. The van der Waals surface area contributed by atoms with Crippen LogP contribution in [-0.2, 0) is 25.6 Å². The smallest absolute Gasteiger partial charge is 0.322 e. The summed E-state index contributed by atoms with van der Waals surface area (Å²) in [4.78, 5) is 53.5. The third-order valence-corrected chi connectivity index (χ3v) is 3.74. The maximum atomic E-state index is 12.5. The van der Waals surface area contributed by atoms with E-state index >= 15 is 0 Å². The SMILES string of the molecule is NC(CO)C(=O)NC(Cc1cnc[nH]1)C(=O)NC(CS)C(=O)NCC(=O)O. The first-order valence-electron chi connectivity index (χ1n) is 7.83. The zero-order valence-corrected chi connectivity index (χ0v) is 15.1. The average molecular weight is 402 g/mol. The summed E-state index contributed by atoms with van der Waals surface area (Å²) in [5, 5.41) is 24.5. The van der Waals surface area contributed by atoms with Gasteiger partial charge in [-0.3, -0.25) is 19.2 Å². The number of aliphatic hydroxyl groups is 1. The zero-order chi connectivity index (χ0) is 20.4. The van der Waals surface area contributed by atoms with Gasteiger partial charge in [0.25, 0.3) is 0 Å². The number of aromatic amines is 1. The first kappa shape index (κ1) is 22.4. The average Bonchev–Trinajstić information content (AvgIpc) is 3.15. The van der Waals surface area contributed by atoms with Gasteiger partial charge in [0.1, 0.15) is 24.7 Å². The number of aromatic nitrogens is 2. The van der Waals surface area contributed by atoms with Gasteiger partial charge < -0.3 is 36.9 Å². The Bertz CT molecular complexity index is 655. The quantitative estimate of drug-likeness (QED) is 0.173. The number of nitrogens with zero attached hydrogens (tertiary/aromatic N) is 1. The van der Waals surface area contributed by atoms with Crippen LogP contribution in [0.2, 0.25) is 0 Å². The molecule has 0 fully saturated rings. The van der Waals surface area contributed by atoms with Gasteiger partial charge in [-0.25, -0.2) is 4.98 Å². The van der Waals surface area contributed by atoms with Crippen molar-refractivity contribution >= 4 is 36.3 Å². The second-order valence-electron chi connectivity index (χ2n) is 5.49. The molecule has 1 rings (SSSR count). The van der Waals surface area contributed by atoms with Crippen LogP contribution in [-0.4, -0.2) is 80.9 Å². The Morgan fingerprint density at radius 1 is 1.19 bits per heavy atom. The van der Waals surface area contributed by atoms with Gasteiger partial charge in [-0.05, 0) is 0 Å². The summed E-state index contributed by atoms with van der Waals surface area (Å²) in [6.45, 7) is -1.22. The number of aliphatic hydroxyl groups excluding tert-OH is 1. The number of rotatable bonds is 11. The molecule has 0 aliphatic carbocycles. The fourth-order valence-electron chi connectivity index (χ4n) is 1.94. The van der Waals surface area contributed by atoms with Gasteiger partial charge in [0.15, 0.2) is 0 Å². The van der Waals surface area contributed by atoms with E-state index in [1.807, 2.05) is 0 Å². The lowest BCUT2D eigenvalue weighted by atomic mass is 10.1. The van der Waals surface area contributed by atoms with Crippen molar-refractivity contribution in [1.82, 2.24) is 25.9 Å². The molecule has 1 aromatic heterocycles. The van der Waals surface area contributed by atoms with Crippen LogP contribution in [0.5, 0.6) is 0 Å². The van der Waals surface area contributed by atoms with E-state index in [9.17, 15) is 19.2 Å². The van der Waals surface area contributed by atoms with Crippen molar-refractivity contribution in [3.63, 3.8) is 0 Å². The second-order valence-corrected chi connectivity index (χ2v) is 5.85. The molecule has 8 N–H and O–H groups in total. The molecule has 3 unspecified atom stereocenters. The monoisotopic (exact) mass is 402 g/mol. The van der Waals surface area contributed by atoms with Crippen LogP contribution in [0, 0.1) is 0 Å². The van der Waals surface area contributed by atoms with Crippen LogP contribution in [0.25, 0.3) is 0 Å². The van der Waals surface area contributed by atoms with Crippen LogP contribution in [0.3, 0.4) is 0 Å². The molecule has 12 nitrogen and oxygen atoms in total. The molecule has 0 bridgehead atoms. The number of aliphatic carboxylic acids is 1. The number of carbonyl (C=O) groups is 4. The minimum absolute atomic E-state index is 0.0196. The molecule has 3 atom stereocenters. The van der Waals surface area contributed by atoms with Gasteiger partial charge in [-0.2, -0.15) is 12.6 Å². The first-order chi connectivity index (χ1) is 12.8. The van der Waals surface area contributed by atoms with E-state index < -0.39 is 55.0 Å². The highest BCUT2D eigenvalue weighted by molar-refractivity contribution is 7.80. The molecule has 0 saturated heterocycles. The topological polar surface area (TPSA) is 200 Å². The van der Waals surface area contributed by atoms with E-state index in [1.165, 1.54) is 12.5 Å².